The number of hydrogen-bond donors (Lipinski definition) is 2. The van der Waals surface area contributed by atoms with E-state index in [1.807, 2.05) is 18.2 Å². The molecule has 2 aliphatic rings. The summed E-state index contributed by atoms with van der Waals surface area (Å²) >= 11 is 0. The van der Waals surface area contributed by atoms with Crippen molar-refractivity contribution in [3.05, 3.63) is 24.4 Å². The Bertz CT molecular complexity index is 866. The minimum Gasteiger partial charge on any atom is -0.494 e. The van der Waals surface area contributed by atoms with E-state index in [-0.39, 0.29) is 5.91 Å². The third kappa shape index (κ3) is 4.86. The Morgan fingerprint density at radius 3 is 2.66 bits per heavy atom. The van der Waals surface area contributed by atoms with Crippen molar-refractivity contribution < 1.29 is 22.7 Å². The van der Waals surface area contributed by atoms with E-state index < -0.39 is 12.7 Å². The van der Waals surface area contributed by atoms with Crippen LogP contribution in [-0.2, 0) is 4.79 Å². The number of H-pyrrole nitrogens is 1. The lowest BCUT2D eigenvalue weighted by atomic mass is 10.0. The molecule has 29 heavy (non-hydrogen) atoms. The number of nitrogens with one attached hydrogen (secondary N) is 2. The van der Waals surface area contributed by atoms with Crippen LogP contribution in [0.4, 0.5) is 18.9 Å². The minimum atomic E-state index is -4.10. The van der Waals surface area contributed by atoms with Crippen LogP contribution in [0.1, 0.15) is 26.2 Å². The molecule has 2 heterocycles. The number of likely N-dealkylation sites (tertiary alicyclic amines) is 1. The molecule has 1 aromatic heterocycles. The monoisotopic (exact) mass is 409 g/mol. The van der Waals surface area contributed by atoms with Crippen molar-refractivity contribution in [2.75, 3.05) is 31.6 Å². The first-order valence-electron chi connectivity index (χ1n) is 10.1. The number of nitrogens with zero attached hydrogens (tertiary/aromatic N) is 1. The van der Waals surface area contributed by atoms with Crippen LogP contribution in [0, 0.1) is 17.8 Å². The molecule has 8 heteroatoms. The molecule has 1 aromatic carbocycles. The van der Waals surface area contributed by atoms with Gasteiger partial charge in [-0.2, -0.15) is 13.2 Å². The van der Waals surface area contributed by atoms with Crippen LogP contribution < -0.4 is 10.1 Å². The number of benzene rings is 1. The maximum Gasteiger partial charge on any atom is 0.401 e. The predicted octanol–water partition coefficient (Wildman–Crippen LogP) is 4.42. The van der Waals surface area contributed by atoms with E-state index in [0.717, 1.165) is 41.6 Å². The highest BCUT2D eigenvalue weighted by molar-refractivity contribution is 6.01. The van der Waals surface area contributed by atoms with E-state index in [0.29, 0.717) is 37.5 Å². The number of amides is 1. The largest absolute Gasteiger partial charge is 0.494 e. The molecule has 158 valence electrons. The van der Waals surface area contributed by atoms with Gasteiger partial charge in [0, 0.05) is 37.1 Å². The fourth-order valence-corrected chi connectivity index (χ4v) is 4.97. The second kappa shape index (κ2) is 7.89. The van der Waals surface area contributed by atoms with Gasteiger partial charge in [0.05, 0.1) is 18.8 Å². The molecular formula is C21H26F3N3O2. The second-order valence-electron chi connectivity index (χ2n) is 8.39. The number of aromatic amines is 1. The SMILES string of the molecule is CC(=O)Nc1c[nH]c2ccc(OCCC3C[C@@H]4CN(CC(F)(F)F)C[C@@H]4C3)cc12. The number of carbonyl (C=O) groups is 1. The molecule has 4 rings (SSSR count). The molecule has 2 aromatic rings. The lowest BCUT2D eigenvalue weighted by Crippen LogP contribution is -2.33. The standard InChI is InChI=1S/C21H26F3N3O2/c1-13(28)26-20-9-25-19-3-2-17(8-18(19)20)29-5-4-14-6-15-10-27(11-16(15)7-14)12-21(22,23)24/h2-3,8-9,14-16,25H,4-7,10-12H2,1H3,(H,26,28)/t14?,15-,16+. The Balaban J connectivity index is 1.26. The molecule has 0 bridgehead atoms. The molecule has 1 saturated carbocycles. The Kier molecular flexibility index (Phi) is 5.46. The van der Waals surface area contributed by atoms with E-state index in [1.54, 1.807) is 11.1 Å². The number of aromatic nitrogens is 1. The van der Waals surface area contributed by atoms with Gasteiger partial charge in [-0.3, -0.25) is 9.69 Å². The summed E-state index contributed by atoms with van der Waals surface area (Å²) in [6, 6.07) is 5.73. The number of rotatable bonds is 6. The summed E-state index contributed by atoms with van der Waals surface area (Å²) < 4.78 is 43.6. The van der Waals surface area contributed by atoms with Gasteiger partial charge >= 0.3 is 6.18 Å². The first-order valence-corrected chi connectivity index (χ1v) is 10.1. The predicted molar refractivity (Wildman–Crippen MR) is 105 cm³/mol. The molecule has 5 nitrogen and oxygen atoms in total. The Morgan fingerprint density at radius 1 is 1.28 bits per heavy atom. The third-order valence-electron chi connectivity index (χ3n) is 6.09. The van der Waals surface area contributed by atoms with Gasteiger partial charge in [0.25, 0.3) is 0 Å². The maximum atomic E-state index is 12.6. The third-order valence-corrected chi connectivity index (χ3v) is 6.09. The fraction of sp³-hybridized carbons (Fsp3) is 0.571. The van der Waals surface area contributed by atoms with Gasteiger partial charge in [0.15, 0.2) is 0 Å². The van der Waals surface area contributed by atoms with Crippen molar-refractivity contribution in [1.29, 1.82) is 0 Å². The van der Waals surface area contributed by atoms with Crippen LogP contribution in [0.15, 0.2) is 24.4 Å². The van der Waals surface area contributed by atoms with E-state index >= 15 is 0 Å². The molecule has 3 atom stereocenters. The van der Waals surface area contributed by atoms with E-state index in [4.69, 9.17) is 4.74 Å². The molecule has 1 amide bonds. The summed E-state index contributed by atoms with van der Waals surface area (Å²) in [4.78, 5) is 16.0. The Hall–Kier alpha value is -2.22. The van der Waals surface area contributed by atoms with Gasteiger partial charge in [-0.15, -0.1) is 0 Å². The first-order chi connectivity index (χ1) is 13.8. The van der Waals surface area contributed by atoms with Crippen molar-refractivity contribution in [1.82, 2.24) is 9.88 Å². The topological polar surface area (TPSA) is 57.4 Å². The molecule has 1 unspecified atom stereocenters. The minimum absolute atomic E-state index is 0.127. The van der Waals surface area contributed by atoms with Crippen LogP contribution in [0.2, 0.25) is 0 Å². The highest BCUT2D eigenvalue weighted by atomic mass is 19.4. The van der Waals surface area contributed by atoms with Crippen LogP contribution in [0.5, 0.6) is 5.75 Å². The zero-order chi connectivity index (χ0) is 20.6. The highest BCUT2D eigenvalue weighted by Gasteiger charge is 2.43. The van der Waals surface area contributed by atoms with Gasteiger partial charge in [-0.1, -0.05) is 0 Å². The van der Waals surface area contributed by atoms with Crippen molar-refractivity contribution in [2.24, 2.45) is 17.8 Å². The molecule has 0 radical (unpaired) electrons. The normalized spacial score (nSPS) is 24.8. The van der Waals surface area contributed by atoms with Crippen molar-refractivity contribution in [3.8, 4) is 5.75 Å². The molecule has 1 aliphatic heterocycles. The maximum absolute atomic E-state index is 12.6. The van der Waals surface area contributed by atoms with E-state index in [2.05, 4.69) is 10.3 Å². The lowest BCUT2D eigenvalue weighted by molar-refractivity contribution is -0.144. The second-order valence-corrected chi connectivity index (χ2v) is 8.39. The van der Waals surface area contributed by atoms with Gasteiger partial charge < -0.3 is 15.0 Å². The molecular weight excluding hydrogens is 383 g/mol. The Morgan fingerprint density at radius 2 is 2.00 bits per heavy atom. The van der Waals surface area contributed by atoms with Crippen molar-refractivity contribution >= 4 is 22.5 Å². The van der Waals surface area contributed by atoms with Crippen LogP contribution >= 0.6 is 0 Å². The number of halogens is 3. The summed E-state index contributed by atoms with van der Waals surface area (Å²) in [6.07, 6.45) is 0.551. The zero-order valence-corrected chi connectivity index (χ0v) is 16.4. The first kappa shape index (κ1) is 20.1. The molecule has 2 fully saturated rings. The van der Waals surface area contributed by atoms with Gasteiger partial charge in [-0.25, -0.2) is 0 Å². The summed E-state index contributed by atoms with van der Waals surface area (Å²) in [5, 5.41) is 3.70. The van der Waals surface area contributed by atoms with Crippen molar-refractivity contribution in [2.45, 2.75) is 32.4 Å². The quantitative estimate of drug-likeness (QED) is 0.743. The summed E-state index contributed by atoms with van der Waals surface area (Å²) in [5.41, 5.74) is 1.65. The van der Waals surface area contributed by atoms with Crippen LogP contribution in [-0.4, -0.2) is 48.2 Å². The van der Waals surface area contributed by atoms with Crippen LogP contribution in [0.3, 0.4) is 0 Å². The number of alkyl halides is 3. The Labute approximate surface area is 167 Å². The van der Waals surface area contributed by atoms with Crippen molar-refractivity contribution in [3.63, 3.8) is 0 Å². The highest BCUT2D eigenvalue weighted by Crippen LogP contribution is 2.43. The lowest BCUT2D eigenvalue weighted by Gasteiger charge is -2.20. The summed E-state index contributed by atoms with van der Waals surface area (Å²) in [5.74, 6) is 1.91. The van der Waals surface area contributed by atoms with Gasteiger partial charge in [-0.05, 0) is 55.2 Å². The fourth-order valence-electron chi connectivity index (χ4n) is 4.97. The van der Waals surface area contributed by atoms with Crippen LogP contribution in [0.25, 0.3) is 10.9 Å². The van der Waals surface area contributed by atoms with Gasteiger partial charge in [0.1, 0.15) is 5.75 Å². The van der Waals surface area contributed by atoms with Gasteiger partial charge in [0.2, 0.25) is 5.91 Å². The number of fused-ring (bicyclic) bond motifs is 2. The molecule has 1 aliphatic carbocycles. The number of hydrogen-bond acceptors (Lipinski definition) is 3. The number of anilines is 1. The molecule has 1 saturated heterocycles. The average Bonchev–Trinajstić information content (AvgIpc) is 3.26. The molecule has 0 spiro atoms. The molecule has 2 N–H and O–H groups in total. The van der Waals surface area contributed by atoms with E-state index in [9.17, 15) is 18.0 Å². The van der Waals surface area contributed by atoms with E-state index in [1.165, 1.54) is 6.92 Å². The average molecular weight is 409 g/mol. The number of ether oxygens (including phenoxy) is 1. The number of carbonyl (C=O) groups excluding carboxylic acids is 1. The smallest absolute Gasteiger partial charge is 0.401 e. The summed E-state index contributed by atoms with van der Waals surface area (Å²) in [7, 11) is 0. The summed E-state index contributed by atoms with van der Waals surface area (Å²) in [6.45, 7) is 2.41. The zero-order valence-electron chi connectivity index (χ0n) is 16.4.